The van der Waals surface area contributed by atoms with Crippen molar-refractivity contribution in [1.82, 2.24) is 4.90 Å². The Morgan fingerprint density at radius 1 is 1.39 bits per heavy atom. The van der Waals surface area contributed by atoms with Crippen LogP contribution in [0.5, 0.6) is 0 Å². The molecule has 0 aliphatic carbocycles. The molecule has 100 valence electrons. The summed E-state index contributed by atoms with van der Waals surface area (Å²) in [5.41, 5.74) is 1.40. The Hall–Kier alpha value is -0.860. The van der Waals surface area contributed by atoms with Crippen LogP contribution in [-0.4, -0.2) is 24.0 Å². The molecular weight excluding hydrogens is 220 g/mol. The highest BCUT2D eigenvalue weighted by molar-refractivity contribution is 5.17. The van der Waals surface area contributed by atoms with Crippen LogP contribution in [0.2, 0.25) is 0 Å². The molecule has 2 heteroatoms. The highest BCUT2D eigenvalue weighted by Crippen LogP contribution is 2.23. The predicted octanol–water partition coefficient (Wildman–Crippen LogP) is 2.20. The van der Waals surface area contributed by atoms with E-state index in [0.717, 1.165) is 6.04 Å². The molecular formula is C16H26N2. The number of hydrogen-bond donors (Lipinski definition) is 1. The molecule has 2 rings (SSSR count). The first-order chi connectivity index (χ1) is 8.72. The monoisotopic (exact) mass is 246 g/mol. The van der Waals surface area contributed by atoms with Gasteiger partial charge in [0.15, 0.2) is 0 Å². The van der Waals surface area contributed by atoms with Gasteiger partial charge in [0.2, 0.25) is 0 Å². The molecule has 2 nitrogen and oxygen atoms in total. The molecule has 0 bridgehead atoms. The zero-order valence-corrected chi connectivity index (χ0v) is 11.7. The van der Waals surface area contributed by atoms with Gasteiger partial charge in [-0.3, -0.25) is 0 Å². The lowest BCUT2D eigenvalue weighted by Crippen LogP contribution is -2.80. The van der Waals surface area contributed by atoms with Crippen molar-refractivity contribution in [2.24, 2.45) is 5.92 Å². The van der Waals surface area contributed by atoms with Gasteiger partial charge < -0.3 is 10.2 Å². The number of rotatable bonds is 5. The van der Waals surface area contributed by atoms with Crippen molar-refractivity contribution in [2.75, 3.05) is 13.1 Å². The summed E-state index contributed by atoms with van der Waals surface area (Å²) in [6, 6.07) is 12.0. The van der Waals surface area contributed by atoms with Gasteiger partial charge in [-0.25, -0.2) is 0 Å². The predicted molar refractivity (Wildman–Crippen MR) is 75.9 cm³/mol. The highest BCUT2D eigenvalue weighted by atomic mass is 15.2. The first-order valence-corrected chi connectivity index (χ1v) is 7.14. The van der Waals surface area contributed by atoms with Gasteiger partial charge in [-0.2, -0.15) is 7.05 Å². The summed E-state index contributed by atoms with van der Waals surface area (Å²) in [6.07, 6.45) is 2.72. The highest BCUT2D eigenvalue weighted by Gasteiger charge is 2.26. The maximum Gasteiger partial charge on any atom is 0.0914 e. The van der Waals surface area contributed by atoms with Gasteiger partial charge in [-0.05, 0) is 26.3 Å². The van der Waals surface area contributed by atoms with Crippen LogP contribution < -0.4 is 5.32 Å². The molecule has 2 N–H and O–H groups in total. The molecule has 1 fully saturated rings. The van der Waals surface area contributed by atoms with Crippen molar-refractivity contribution < 1.29 is 5.32 Å². The maximum absolute atomic E-state index is 4.03. The fourth-order valence-corrected chi connectivity index (χ4v) is 3.12. The molecule has 0 spiro atoms. The van der Waals surface area contributed by atoms with E-state index in [2.05, 4.69) is 61.4 Å². The van der Waals surface area contributed by atoms with Gasteiger partial charge in [-0.1, -0.05) is 37.3 Å². The number of benzene rings is 1. The van der Waals surface area contributed by atoms with Crippen molar-refractivity contribution in [3.63, 3.8) is 0 Å². The number of nitrogens with zero attached hydrogens (tertiary/aromatic N) is 1. The second kappa shape index (κ2) is 6.35. The number of likely N-dealkylation sites (tertiary alicyclic amines) is 1. The third-order valence-corrected chi connectivity index (χ3v) is 4.26. The summed E-state index contributed by atoms with van der Waals surface area (Å²) in [6.45, 7) is 7.16. The molecule has 0 radical (unpaired) electrons. The molecule has 18 heavy (non-hydrogen) atoms. The van der Waals surface area contributed by atoms with Gasteiger partial charge in [-0.15, -0.1) is 0 Å². The minimum absolute atomic E-state index is 0.471. The molecule has 1 heterocycles. The van der Waals surface area contributed by atoms with E-state index < -0.39 is 0 Å². The first-order valence-electron chi connectivity index (χ1n) is 7.14. The summed E-state index contributed by atoms with van der Waals surface area (Å²) in [4.78, 5) is 2.63. The van der Waals surface area contributed by atoms with E-state index in [4.69, 9.17) is 0 Å². The zero-order valence-electron chi connectivity index (χ0n) is 11.7. The summed E-state index contributed by atoms with van der Waals surface area (Å²) in [5.74, 6) is 0.630. The van der Waals surface area contributed by atoms with Crippen LogP contribution in [-0.2, 0) is 0 Å². The van der Waals surface area contributed by atoms with Crippen LogP contribution in [0.1, 0.15) is 38.3 Å². The molecule has 0 saturated carbocycles. The quantitative estimate of drug-likeness (QED) is 0.790. The smallest absolute Gasteiger partial charge is 0.0914 e. The van der Waals surface area contributed by atoms with Crippen LogP contribution in [0.15, 0.2) is 30.3 Å². The SMILES string of the molecule is [CH2-][NH2+][C@@H](c1ccccc1)[C@@H](C)CN1CCC[C@H]1C. The second-order valence-corrected chi connectivity index (χ2v) is 5.64. The summed E-state index contributed by atoms with van der Waals surface area (Å²) < 4.78 is 0. The van der Waals surface area contributed by atoms with Crippen molar-refractivity contribution in [3.8, 4) is 0 Å². The topological polar surface area (TPSA) is 19.9 Å². The van der Waals surface area contributed by atoms with Gasteiger partial charge in [0, 0.05) is 24.1 Å². The van der Waals surface area contributed by atoms with Crippen LogP contribution >= 0.6 is 0 Å². The average molecular weight is 246 g/mol. The van der Waals surface area contributed by atoms with Crippen LogP contribution in [0.4, 0.5) is 0 Å². The number of quaternary nitrogens is 1. The minimum Gasteiger partial charge on any atom is -0.472 e. The van der Waals surface area contributed by atoms with E-state index in [1.165, 1.54) is 31.5 Å². The normalized spacial score (nSPS) is 24.1. The van der Waals surface area contributed by atoms with Crippen molar-refractivity contribution >= 4 is 0 Å². The van der Waals surface area contributed by atoms with E-state index >= 15 is 0 Å². The molecule has 0 aromatic heterocycles. The fourth-order valence-electron chi connectivity index (χ4n) is 3.12. The van der Waals surface area contributed by atoms with Gasteiger partial charge in [0.1, 0.15) is 0 Å². The largest absolute Gasteiger partial charge is 0.472 e. The molecule has 0 amide bonds. The molecule has 1 aromatic carbocycles. The van der Waals surface area contributed by atoms with Gasteiger partial charge in [0.25, 0.3) is 0 Å². The molecule has 1 aromatic rings. The molecule has 1 aliphatic heterocycles. The average Bonchev–Trinajstić information content (AvgIpc) is 2.77. The third kappa shape index (κ3) is 3.12. The van der Waals surface area contributed by atoms with Crippen LogP contribution in [0.3, 0.4) is 0 Å². The number of nitrogens with two attached hydrogens (primary N) is 1. The Morgan fingerprint density at radius 2 is 2.11 bits per heavy atom. The van der Waals surface area contributed by atoms with Crippen molar-refractivity contribution in [2.45, 2.75) is 38.8 Å². The summed E-state index contributed by atoms with van der Waals surface area (Å²) in [5, 5.41) is 2.11. The van der Waals surface area contributed by atoms with E-state index in [9.17, 15) is 0 Å². The zero-order chi connectivity index (χ0) is 13.0. The van der Waals surface area contributed by atoms with Crippen molar-refractivity contribution in [3.05, 3.63) is 42.9 Å². The Bertz CT molecular complexity index is 349. The Labute approximate surface area is 111 Å². The lowest BCUT2D eigenvalue weighted by atomic mass is 9.94. The second-order valence-electron chi connectivity index (χ2n) is 5.64. The van der Waals surface area contributed by atoms with Gasteiger partial charge >= 0.3 is 0 Å². The van der Waals surface area contributed by atoms with E-state index in [-0.39, 0.29) is 0 Å². The minimum atomic E-state index is 0.471. The first kappa shape index (κ1) is 13.6. The van der Waals surface area contributed by atoms with Crippen LogP contribution in [0, 0.1) is 13.0 Å². The van der Waals surface area contributed by atoms with E-state index in [0.29, 0.717) is 12.0 Å². The number of hydrogen-bond acceptors (Lipinski definition) is 1. The maximum atomic E-state index is 4.03. The third-order valence-electron chi connectivity index (χ3n) is 4.26. The summed E-state index contributed by atoms with van der Waals surface area (Å²) in [7, 11) is 4.03. The summed E-state index contributed by atoms with van der Waals surface area (Å²) >= 11 is 0. The van der Waals surface area contributed by atoms with Crippen molar-refractivity contribution in [1.29, 1.82) is 0 Å². The molecule has 0 unspecified atom stereocenters. The fraction of sp³-hybridized carbons (Fsp3) is 0.562. The molecule has 3 atom stereocenters. The Balaban J connectivity index is 1.99. The Morgan fingerprint density at radius 3 is 2.67 bits per heavy atom. The van der Waals surface area contributed by atoms with E-state index in [1.54, 1.807) is 0 Å². The Kier molecular flexibility index (Phi) is 4.79. The van der Waals surface area contributed by atoms with Crippen LogP contribution in [0.25, 0.3) is 0 Å². The lowest BCUT2D eigenvalue weighted by molar-refractivity contribution is -0.648. The van der Waals surface area contributed by atoms with Gasteiger partial charge in [0.05, 0.1) is 6.04 Å². The standard InChI is InChI=1S/C16H26N2/c1-13(12-18-11-7-8-14(18)2)16(17-3)15-9-5-4-6-10-15/h4-6,9-10,13-14,16H,3,7-8,11-12,17H2,1-2H3/t13-,14+,16+/m0/s1. The van der Waals surface area contributed by atoms with E-state index in [1.807, 2.05) is 0 Å². The lowest BCUT2D eigenvalue weighted by Gasteiger charge is -2.30. The molecule has 1 saturated heterocycles. The molecule has 1 aliphatic rings.